The van der Waals surface area contributed by atoms with Crippen LogP contribution in [0.1, 0.15) is 18.4 Å². The molecule has 0 unspecified atom stereocenters. The molecule has 0 radical (unpaired) electrons. The minimum atomic E-state index is 0.164. The van der Waals surface area contributed by atoms with Crippen LogP contribution in [0.4, 0.5) is 0 Å². The van der Waals surface area contributed by atoms with Gasteiger partial charge < -0.3 is 15.2 Å². The van der Waals surface area contributed by atoms with Crippen molar-refractivity contribution in [1.82, 2.24) is 10.7 Å². The third-order valence-corrected chi connectivity index (χ3v) is 3.60. The van der Waals surface area contributed by atoms with Gasteiger partial charge in [-0.3, -0.25) is 5.43 Å². The zero-order chi connectivity index (χ0) is 14.4. The van der Waals surface area contributed by atoms with Crippen molar-refractivity contribution in [3.05, 3.63) is 28.2 Å². The lowest BCUT2D eigenvalue weighted by Gasteiger charge is -2.11. The maximum absolute atomic E-state index is 9.64. The second kappa shape index (κ2) is 7.56. The van der Waals surface area contributed by atoms with Crippen molar-refractivity contribution in [2.45, 2.75) is 18.9 Å². The van der Waals surface area contributed by atoms with E-state index in [1.807, 2.05) is 0 Å². The largest absolute Gasteiger partial charge is 0.507 e. The molecule has 1 aliphatic rings. The normalized spacial score (nSPS) is 18.4. The van der Waals surface area contributed by atoms with Crippen LogP contribution in [0.15, 0.2) is 27.8 Å². The van der Waals surface area contributed by atoms with E-state index in [0.29, 0.717) is 17.2 Å². The van der Waals surface area contributed by atoms with Crippen LogP contribution in [0.2, 0.25) is 0 Å². The molecule has 1 fully saturated rings. The van der Waals surface area contributed by atoms with Crippen LogP contribution in [0.25, 0.3) is 0 Å². The number of ether oxygens (including phenoxy) is 1. The van der Waals surface area contributed by atoms with E-state index < -0.39 is 0 Å². The molecule has 0 aliphatic carbocycles. The van der Waals surface area contributed by atoms with Gasteiger partial charge in [0.15, 0.2) is 5.11 Å². The van der Waals surface area contributed by atoms with Crippen LogP contribution in [-0.2, 0) is 4.74 Å². The number of rotatable bonds is 4. The number of thiocarbonyl (C=S) groups is 1. The molecule has 0 saturated carbocycles. The Labute approximate surface area is 131 Å². The van der Waals surface area contributed by atoms with Gasteiger partial charge in [0.25, 0.3) is 0 Å². The van der Waals surface area contributed by atoms with E-state index in [1.54, 1.807) is 18.2 Å². The van der Waals surface area contributed by atoms with Crippen molar-refractivity contribution >= 4 is 39.5 Å². The van der Waals surface area contributed by atoms with Gasteiger partial charge in [0, 0.05) is 23.2 Å². The van der Waals surface area contributed by atoms with Crippen molar-refractivity contribution in [3.8, 4) is 5.75 Å². The summed E-state index contributed by atoms with van der Waals surface area (Å²) in [6.45, 7) is 1.51. The quantitative estimate of drug-likeness (QED) is 0.437. The molecule has 0 spiro atoms. The molecule has 1 aromatic rings. The predicted molar refractivity (Wildman–Crippen MR) is 86.1 cm³/mol. The van der Waals surface area contributed by atoms with Gasteiger partial charge in [0.1, 0.15) is 5.75 Å². The molecule has 0 bridgehead atoms. The van der Waals surface area contributed by atoms with Gasteiger partial charge in [-0.1, -0.05) is 15.9 Å². The van der Waals surface area contributed by atoms with Crippen LogP contribution in [0, 0.1) is 0 Å². The van der Waals surface area contributed by atoms with Crippen LogP contribution in [0.5, 0.6) is 5.75 Å². The second-order valence-electron chi connectivity index (χ2n) is 4.42. The maximum Gasteiger partial charge on any atom is 0.187 e. The molecule has 0 aromatic heterocycles. The van der Waals surface area contributed by atoms with Gasteiger partial charge in [0.2, 0.25) is 0 Å². The molecule has 108 valence electrons. The van der Waals surface area contributed by atoms with Gasteiger partial charge in [-0.05, 0) is 43.3 Å². The van der Waals surface area contributed by atoms with Crippen molar-refractivity contribution < 1.29 is 9.84 Å². The van der Waals surface area contributed by atoms with Crippen molar-refractivity contribution in [2.75, 3.05) is 13.2 Å². The summed E-state index contributed by atoms with van der Waals surface area (Å²) in [5, 5.41) is 17.1. The van der Waals surface area contributed by atoms with E-state index >= 15 is 0 Å². The van der Waals surface area contributed by atoms with Crippen LogP contribution in [0.3, 0.4) is 0 Å². The number of halogens is 1. The van der Waals surface area contributed by atoms with Crippen LogP contribution < -0.4 is 10.7 Å². The smallest absolute Gasteiger partial charge is 0.187 e. The Balaban J connectivity index is 1.77. The molecule has 5 nitrogen and oxygen atoms in total. The third-order valence-electron chi connectivity index (χ3n) is 2.87. The lowest BCUT2D eigenvalue weighted by Crippen LogP contribution is -2.37. The summed E-state index contributed by atoms with van der Waals surface area (Å²) in [5.74, 6) is 0.164. The molecule has 1 saturated heterocycles. The topological polar surface area (TPSA) is 65.9 Å². The summed E-state index contributed by atoms with van der Waals surface area (Å²) in [5.41, 5.74) is 3.31. The number of hydrazone groups is 1. The van der Waals surface area contributed by atoms with Crippen molar-refractivity contribution in [3.63, 3.8) is 0 Å². The lowest BCUT2D eigenvalue weighted by molar-refractivity contribution is 0.114. The Hall–Kier alpha value is -1.18. The average molecular weight is 358 g/mol. The summed E-state index contributed by atoms with van der Waals surface area (Å²) in [6.07, 6.45) is 3.91. The van der Waals surface area contributed by atoms with Gasteiger partial charge in [-0.2, -0.15) is 5.10 Å². The Morgan fingerprint density at radius 1 is 1.60 bits per heavy atom. The van der Waals surface area contributed by atoms with E-state index in [2.05, 4.69) is 31.8 Å². The molecular formula is C13H16BrN3O2S. The first-order valence-electron chi connectivity index (χ1n) is 6.32. The molecule has 1 aromatic carbocycles. The van der Waals surface area contributed by atoms with E-state index in [9.17, 15) is 5.11 Å². The molecule has 3 N–H and O–H groups in total. The molecule has 2 rings (SSSR count). The SMILES string of the molecule is Oc1ccc(Br)cc1/C=N/NC(=S)NC[C@H]1CCCO1. The summed E-state index contributed by atoms with van der Waals surface area (Å²) in [6, 6.07) is 5.12. The zero-order valence-electron chi connectivity index (χ0n) is 10.8. The first-order chi connectivity index (χ1) is 9.65. The molecule has 1 heterocycles. The standard InChI is InChI=1S/C13H16BrN3O2S/c14-10-3-4-12(18)9(6-10)7-16-17-13(20)15-8-11-2-1-5-19-11/h3-4,6-7,11,18H,1-2,5,8H2,(H2,15,17,20)/b16-7+/t11-/m1/s1. The maximum atomic E-state index is 9.64. The number of hydrogen-bond donors (Lipinski definition) is 3. The predicted octanol–water partition coefficient (Wildman–Crippen LogP) is 2.13. The minimum Gasteiger partial charge on any atom is -0.507 e. The Morgan fingerprint density at radius 3 is 3.20 bits per heavy atom. The number of nitrogens with zero attached hydrogens (tertiary/aromatic N) is 1. The highest BCUT2D eigenvalue weighted by molar-refractivity contribution is 9.10. The van der Waals surface area contributed by atoms with Crippen LogP contribution >= 0.6 is 28.1 Å². The fourth-order valence-electron chi connectivity index (χ4n) is 1.84. The molecule has 7 heteroatoms. The van der Waals surface area contributed by atoms with Crippen molar-refractivity contribution in [2.24, 2.45) is 5.10 Å². The van der Waals surface area contributed by atoms with E-state index in [1.165, 1.54) is 6.21 Å². The van der Waals surface area contributed by atoms with Crippen LogP contribution in [-0.4, -0.2) is 35.7 Å². The number of aromatic hydroxyl groups is 1. The van der Waals surface area contributed by atoms with E-state index in [4.69, 9.17) is 17.0 Å². The minimum absolute atomic E-state index is 0.164. The first kappa shape index (κ1) is 15.2. The molecular weight excluding hydrogens is 342 g/mol. The Morgan fingerprint density at radius 2 is 2.45 bits per heavy atom. The fourth-order valence-corrected chi connectivity index (χ4v) is 2.36. The molecule has 1 aliphatic heterocycles. The van der Waals surface area contributed by atoms with E-state index in [-0.39, 0.29) is 11.9 Å². The number of phenols is 1. The highest BCUT2D eigenvalue weighted by atomic mass is 79.9. The number of hydrogen-bond acceptors (Lipinski definition) is 4. The van der Waals surface area contributed by atoms with Gasteiger partial charge in [-0.25, -0.2) is 0 Å². The number of benzene rings is 1. The van der Waals surface area contributed by atoms with Crippen molar-refractivity contribution in [1.29, 1.82) is 0 Å². The number of nitrogens with one attached hydrogen (secondary N) is 2. The monoisotopic (exact) mass is 357 g/mol. The summed E-state index contributed by atoms with van der Waals surface area (Å²) in [4.78, 5) is 0. The highest BCUT2D eigenvalue weighted by Gasteiger charge is 2.14. The summed E-state index contributed by atoms with van der Waals surface area (Å²) < 4.78 is 6.35. The van der Waals surface area contributed by atoms with Gasteiger partial charge >= 0.3 is 0 Å². The molecule has 20 heavy (non-hydrogen) atoms. The van der Waals surface area contributed by atoms with Gasteiger partial charge in [0.05, 0.1) is 12.3 Å². The van der Waals surface area contributed by atoms with Gasteiger partial charge in [-0.15, -0.1) is 0 Å². The third kappa shape index (κ3) is 4.73. The highest BCUT2D eigenvalue weighted by Crippen LogP contribution is 2.19. The Kier molecular flexibility index (Phi) is 5.75. The first-order valence-corrected chi connectivity index (χ1v) is 7.52. The fraction of sp³-hybridized carbons (Fsp3) is 0.385. The lowest BCUT2D eigenvalue weighted by atomic mass is 10.2. The second-order valence-corrected chi connectivity index (χ2v) is 5.74. The number of phenolic OH excluding ortho intramolecular Hbond substituents is 1. The summed E-state index contributed by atoms with van der Waals surface area (Å²) in [7, 11) is 0. The molecule has 1 atom stereocenters. The molecule has 0 amide bonds. The van der Waals surface area contributed by atoms with E-state index in [0.717, 1.165) is 23.9 Å². The Bertz CT molecular complexity index is 504. The zero-order valence-corrected chi connectivity index (χ0v) is 13.2. The summed E-state index contributed by atoms with van der Waals surface area (Å²) >= 11 is 8.43. The average Bonchev–Trinajstić information content (AvgIpc) is 2.93.